The number of benzene rings is 9. The van der Waals surface area contributed by atoms with Crippen molar-refractivity contribution in [2.75, 3.05) is 9.80 Å². The van der Waals surface area contributed by atoms with Gasteiger partial charge in [0.2, 0.25) is 0 Å². The van der Waals surface area contributed by atoms with Crippen molar-refractivity contribution in [2.24, 2.45) is 0 Å². The van der Waals surface area contributed by atoms with Gasteiger partial charge < -0.3 is 18.9 Å². The fraction of sp³-hybridized carbons (Fsp3) is 0.205. The molecule has 2 fully saturated rings. The summed E-state index contributed by atoms with van der Waals surface area (Å²) in [4.78, 5) is 62.2. The third-order valence-electron chi connectivity index (χ3n) is 17.8. The number of rotatable bonds is 14. The smallest absolute Gasteiger partial charge is 0.269 e. The van der Waals surface area contributed by atoms with Gasteiger partial charge in [-0.3, -0.25) is 19.2 Å². The molecule has 88 heavy (non-hydrogen) atoms. The van der Waals surface area contributed by atoms with Crippen molar-refractivity contribution in [3.8, 4) is 58.2 Å². The van der Waals surface area contributed by atoms with E-state index in [2.05, 4.69) is 23.7 Å². The molecule has 0 saturated heterocycles. The maximum Gasteiger partial charge on any atom is 0.269 e. The highest BCUT2D eigenvalue weighted by molar-refractivity contribution is 6.36. The second-order valence-electron chi connectivity index (χ2n) is 23.2. The van der Waals surface area contributed by atoms with Gasteiger partial charge in [-0.2, -0.15) is 0 Å². The topological polar surface area (TPSA) is 112 Å². The zero-order valence-electron chi connectivity index (χ0n) is 49.7. The van der Waals surface area contributed by atoms with Gasteiger partial charge in [0.25, 0.3) is 23.6 Å². The van der Waals surface area contributed by atoms with Crippen molar-refractivity contribution in [3.05, 3.63) is 271 Å². The molecular formula is C78H64N2O8. The van der Waals surface area contributed by atoms with Crippen LogP contribution in [0.2, 0.25) is 0 Å². The lowest BCUT2D eigenvalue weighted by Crippen LogP contribution is -2.30. The molecule has 0 radical (unpaired) electrons. The molecule has 0 spiro atoms. The van der Waals surface area contributed by atoms with E-state index < -0.39 is 23.6 Å². The average Bonchev–Trinajstić information content (AvgIpc) is 1.70. The van der Waals surface area contributed by atoms with Crippen molar-refractivity contribution in [1.29, 1.82) is 0 Å². The number of nitrogens with zero attached hydrogens (tertiary/aromatic N) is 2. The van der Waals surface area contributed by atoms with Crippen LogP contribution in [0.3, 0.4) is 0 Å². The molecule has 10 nitrogen and oxygen atoms in total. The Labute approximate surface area is 513 Å². The number of imide groups is 2. The van der Waals surface area contributed by atoms with E-state index in [4.69, 9.17) is 18.9 Å². The van der Waals surface area contributed by atoms with Gasteiger partial charge in [-0.25, -0.2) is 9.80 Å². The fourth-order valence-electron chi connectivity index (χ4n) is 12.9. The number of amides is 4. The zero-order chi connectivity index (χ0) is 60.4. The molecule has 10 heteroatoms. The number of carbonyl (C=O) groups excluding carboxylic acids is 4. The van der Waals surface area contributed by atoms with Crippen LogP contribution in [0.15, 0.2) is 182 Å². The lowest BCUT2D eigenvalue weighted by molar-refractivity contribution is 0.0908. The number of fused-ring (bicyclic) bond motifs is 2. The second kappa shape index (κ2) is 24.5. The summed E-state index contributed by atoms with van der Waals surface area (Å²) in [5, 5.41) is 0. The molecule has 2 aliphatic heterocycles. The van der Waals surface area contributed by atoms with Gasteiger partial charge in [0.05, 0.1) is 44.8 Å². The minimum atomic E-state index is -0.469. The second-order valence-corrected chi connectivity index (χ2v) is 23.2. The molecule has 2 saturated carbocycles. The van der Waals surface area contributed by atoms with Gasteiger partial charge in [-0.05, 0) is 195 Å². The monoisotopic (exact) mass is 1160 g/mol. The number of carbonyl (C=O) groups is 4. The Morgan fingerprint density at radius 2 is 0.739 bits per heavy atom. The van der Waals surface area contributed by atoms with Crippen LogP contribution >= 0.6 is 0 Å². The van der Waals surface area contributed by atoms with Crippen LogP contribution in [0.5, 0.6) is 34.5 Å². The summed E-state index contributed by atoms with van der Waals surface area (Å²) in [5.74, 6) is 15.4. The summed E-state index contributed by atoms with van der Waals surface area (Å²) in [7, 11) is 0. The molecule has 13 rings (SSSR count). The Kier molecular flexibility index (Phi) is 15.8. The van der Waals surface area contributed by atoms with Crippen molar-refractivity contribution in [1.82, 2.24) is 0 Å². The molecule has 0 bridgehead atoms. The van der Waals surface area contributed by atoms with Crippen LogP contribution < -0.4 is 28.7 Å². The minimum Gasteiger partial charge on any atom is -0.487 e. The Morgan fingerprint density at radius 1 is 0.386 bits per heavy atom. The van der Waals surface area contributed by atoms with Crippen LogP contribution in [0.25, 0.3) is 0 Å². The Morgan fingerprint density at radius 3 is 1.10 bits per heavy atom. The molecule has 434 valence electrons. The first-order chi connectivity index (χ1) is 43.0. The zero-order valence-corrected chi connectivity index (χ0v) is 49.7. The quantitative estimate of drug-likeness (QED) is 0.0782. The number of hydrogen-bond acceptors (Lipinski definition) is 8. The van der Waals surface area contributed by atoms with E-state index in [1.165, 1.54) is 9.80 Å². The van der Waals surface area contributed by atoms with Crippen molar-refractivity contribution < 1.29 is 38.1 Å². The largest absolute Gasteiger partial charge is 0.487 e. The van der Waals surface area contributed by atoms with Crippen molar-refractivity contribution in [2.45, 2.75) is 104 Å². The highest BCUT2D eigenvalue weighted by Crippen LogP contribution is 2.47. The Balaban J connectivity index is 0.843. The predicted octanol–water partition coefficient (Wildman–Crippen LogP) is 17.4. The van der Waals surface area contributed by atoms with E-state index in [-0.39, 0.29) is 58.8 Å². The molecule has 9 aromatic carbocycles. The van der Waals surface area contributed by atoms with Crippen LogP contribution in [-0.4, -0.2) is 23.6 Å². The van der Waals surface area contributed by atoms with Crippen molar-refractivity contribution in [3.63, 3.8) is 0 Å². The number of hydrogen-bond donors (Lipinski definition) is 0. The maximum absolute atomic E-state index is 15.1. The maximum atomic E-state index is 15.1. The number of ether oxygens (including phenoxy) is 4. The van der Waals surface area contributed by atoms with Gasteiger partial charge >= 0.3 is 0 Å². The standard InChI is InChI=1S/C78H64N2O8/c1-49-50(2)64(40-34-58-36-42-66-72(74(58)86-48-54-23-11-6-12-24-54)78(84)80(76(66)82)70-44-38-62(88-60-31-15-8-16-32-60)46-68(70)56-27-19-20-28-56)52(4)51(3)63(49)39-33-57-35-41-65-71(73(57)85-47-53-21-9-5-10-22-53)77(83)79(75(65)81)69-43-37-61(87-59-29-13-7-14-30-59)45-67(69)55-25-17-18-26-55/h5-16,21-24,29-32,35-38,41-46,55-56H,17-20,25-28,47-48H2,1-4H3. The van der Waals surface area contributed by atoms with E-state index >= 15 is 9.59 Å². The molecule has 2 heterocycles. The van der Waals surface area contributed by atoms with Crippen LogP contribution in [0.1, 0.15) is 171 Å². The van der Waals surface area contributed by atoms with Crippen LogP contribution in [0, 0.1) is 51.4 Å². The summed E-state index contributed by atoms with van der Waals surface area (Å²) in [6.45, 7) is 8.37. The van der Waals surface area contributed by atoms with Gasteiger partial charge in [0.15, 0.2) is 0 Å². The molecule has 2 aliphatic carbocycles. The molecule has 0 atom stereocenters. The van der Waals surface area contributed by atoms with Gasteiger partial charge in [0, 0.05) is 11.1 Å². The highest BCUT2D eigenvalue weighted by Gasteiger charge is 2.44. The molecule has 4 amide bonds. The molecular weight excluding hydrogens is 1090 g/mol. The summed E-state index contributed by atoms with van der Waals surface area (Å²) >= 11 is 0. The molecule has 4 aliphatic rings. The van der Waals surface area contributed by atoms with Gasteiger partial charge in [-0.1, -0.05) is 146 Å². The average molecular weight is 1160 g/mol. The SMILES string of the molecule is Cc1c(C)c(C#Cc2ccc3c(c2OCc2ccccc2)C(=O)N(c2ccc(Oc4ccccc4)cc2C2CCCC2)C3=O)c(C)c(C)c1C#Cc1ccc2c(c1OCc1ccccc1)C(=O)N(c1ccc(Oc3ccccc3)cc1C1CCCC1)C2=O. The lowest BCUT2D eigenvalue weighted by Gasteiger charge is -2.23. The first-order valence-corrected chi connectivity index (χ1v) is 30.3. The van der Waals surface area contributed by atoms with E-state index in [0.29, 0.717) is 45.5 Å². The van der Waals surface area contributed by atoms with E-state index in [1.807, 2.05) is 185 Å². The van der Waals surface area contributed by atoms with Gasteiger partial charge in [0.1, 0.15) is 47.7 Å². The predicted molar refractivity (Wildman–Crippen MR) is 342 cm³/mol. The summed E-state index contributed by atoms with van der Waals surface area (Å²) in [6, 6.07) is 56.8. The van der Waals surface area contributed by atoms with E-state index in [1.54, 1.807) is 24.3 Å². The van der Waals surface area contributed by atoms with Crippen molar-refractivity contribution >= 4 is 35.0 Å². The van der Waals surface area contributed by atoms with Gasteiger partial charge in [-0.15, -0.1) is 0 Å². The van der Waals surface area contributed by atoms with E-state index in [0.717, 1.165) is 107 Å². The Bertz CT molecular complexity index is 4060. The summed E-state index contributed by atoms with van der Waals surface area (Å²) in [6.07, 6.45) is 8.00. The van der Waals surface area contributed by atoms with Crippen LogP contribution in [0.4, 0.5) is 11.4 Å². The minimum absolute atomic E-state index is 0.141. The highest BCUT2D eigenvalue weighted by atomic mass is 16.5. The fourth-order valence-corrected chi connectivity index (χ4v) is 12.9. The lowest BCUT2D eigenvalue weighted by atomic mass is 9.89. The third-order valence-corrected chi connectivity index (χ3v) is 17.8. The third kappa shape index (κ3) is 11.0. The first-order valence-electron chi connectivity index (χ1n) is 30.3. The molecule has 9 aromatic rings. The number of para-hydroxylation sites is 2. The summed E-state index contributed by atoms with van der Waals surface area (Å²) < 4.78 is 25.9. The molecule has 0 aromatic heterocycles. The molecule has 0 unspecified atom stereocenters. The number of anilines is 2. The Hall–Kier alpha value is -10.4. The summed E-state index contributed by atoms with van der Waals surface area (Å²) in [5.41, 5.74) is 11.7. The first kappa shape index (κ1) is 56.7. The normalized spacial score (nSPS) is 14.5. The van der Waals surface area contributed by atoms with Crippen LogP contribution in [-0.2, 0) is 13.2 Å². The molecule has 0 N–H and O–H groups in total. The van der Waals surface area contributed by atoms with E-state index in [9.17, 15) is 9.59 Å².